The van der Waals surface area contributed by atoms with Crippen molar-refractivity contribution in [2.45, 2.75) is 12.6 Å². The topological polar surface area (TPSA) is 58.7 Å². The van der Waals surface area contributed by atoms with Crippen molar-refractivity contribution >= 4 is 0 Å². The summed E-state index contributed by atoms with van der Waals surface area (Å²) in [6.45, 7) is 3.11. The number of oxazole rings is 1. The van der Waals surface area contributed by atoms with Gasteiger partial charge >= 0.3 is 0 Å². The fourth-order valence-corrected chi connectivity index (χ4v) is 2.32. The molecule has 0 spiro atoms. The second-order valence-electron chi connectivity index (χ2n) is 4.97. The second-order valence-corrected chi connectivity index (χ2v) is 4.97. The molecule has 0 amide bonds. The standard InChI is InChI=1S/C15H18N2O3/c18-14-9-17(6-7-19-11-14)8-13-10-20-15(16-13)12-4-2-1-3-5-12/h1-5,10,14,18H,6-9,11H2. The lowest BCUT2D eigenvalue weighted by Crippen LogP contribution is -2.32. The van der Waals surface area contributed by atoms with Crippen LogP contribution in [0.4, 0.5) is 0 Å². The molecule has 0 radical (unpaired) electrons. The van der Waals surface area contributed by atoms with Crippen molar-refractivity contribution in [3.8, 4) is 11.5 Å². The van der Waals surface area contributed by atoms with Crippen LogP contribution in [0, 0.1) is 0 Å². The lowest BCUT2D eigenvalue weighted by molar-refractivity contribution is 0.0562. The van der Waals surface area contributed by atoms with E-state index in [2.05, 4.69) is 9.88 Å². The minimum absolute atomic E-state index is 0.407. The largest absolute Gasteiger partial charge is 0.444 e. The summed E-state index contributed by atoms with van der Waals surface area (Å²) in [5.41, 5.74) is 1.84. The van der Waals surface area contributed by atoms with Crippen LogP contribution < -0.4 is 0 Å². The zero-order valence-corrected chi connectivity index (χ0v) is 11.2. The highest BCUT2D eigenvalue weighted by molar-refractivity contribution is 5.52. The molecule has 0 bridgehead atoms. The van der Waals surface area contributed by atoms with Crippen LogP contribution in [0.5, 0.6) is 0 Å². The summed E-state index contributed by atoms with van der Waals surface area (Å²) >= 11 is 0. The molecule has 0 aliphatic carbocycles. The van der Waals surface area contributed by atoms with E-state index in [4.69, 9.17) is 9.15 Å². The van der Waals surface area contributed by atoms with E-state index < -0.39 is 6.10 Å². The Morgan fingerprint density at radius 3 is 3.00 bits per heavy atom. The van der Waals surface area contributed by atoms with E-state index in [-0.39, 0.29) is 0 Å². The minimum atomic E-state index is -0.432. The fraction of sp³-hybridized carbons (Fsp3) is 0.400. The number of hydrogen-bond acceptors (Lipinski definition) is 5. The molecule has 2 aromatic rings. The first-order chi connectivity index (χ1) is 9.81. The monoisotopic (exact) mass is 274 g/mol. The number of hydrogen-bond donors (Lipinski definition) is 1. The molecule has 1 atom stereocenters. The highest BCUT2D eigenvalue weighted by Gasteiger charge is 2.18. The highest BCUT2D eigenvalue weighted by atomic mass is 16.5. The molecule has 3 rings (SSSR count). The van der Waals surface area contributed by atoms with Crippen LogP contribution in [0.1, 0.15) is 5.69 Å². The third-order valence-corrected chi connectivity index (χ3v) is 3.29. The predicted octanol–water partition coefficient (Wildman–Crippen LogP) is 1.53. The first-order valence-electron chi connectivity index (χ1n) is 6.79. The minimum Gasteiger partial charge on any atom is -0.444 e. The van der Waals surface area contributed by atoms with Crippen LogP contribution in [0.3, 0.4) is 0 Å². The van der Waals surface area contributed by atoms with Crippen molar-refractivity contribution < 1.29 is 14.3 Å². The van der Waals surface area contributed by atoms with Crippen molar-refractivity contribution in [3.05, 3.63) is 42.3 Å². The van der Waals surface area contributed by atoms with Crippen LogP contribution in [-0.2, 0) is 11.3 Å². The Morgan fingerprint density at radius 2 is 2.15 bits per heavy atom. The van der Waals surface area contributed by atoms with Gasteiger partial charge in [-0.3, -0.25) is 4.90 Å². The quantitative estimate of drug-likeness (QED) is 0.920. The van der Waals surface area contributed by atoms with Gasteiger partial charge in [-0.25, -0.2) is 4.98 Å². The maximum absolute atomic E-state index is 9.71. The Balaban J connectivity index is 1.68. The summed E-state index contributed by atoms with van der Waals surface area (Å²) in [6.07, 6.45) is 1.25. The van der Waals surface area contributed by atoms with Gasteiger partial charge in [0.1, 0.15) is 6.26 Å². The maximum atomic E-state index is 9.71. The average molecular weight is 274 g/mol. The second kappa shape index (κ2) is 6.17. The van der Waals surface area contributed by atoms with Crippen molar-refractivity contribution in [3.63, 3.8) is 0 Å². The van der Waals surface area contributed by atoms with E-state index in [1.54, 1.807) is 6.26 Å². The van der Waals surface area contributed by atoms with Gasteiger partial charge in [-0.15, -0.1) is 0 Å². The van der Waals surface area contributed by atoms with Crippen molar-refractivity contribution in [2.24, 2.45) is 0 Å². The molecule has 1 aromatic heterocycles. The van der Waals surface area contributed by atoms with Crippen LogP contribution in [0.2, 0.25) is 0 Å². The zero-order chi connectivity index (χ0) is 13.8. The van der Waals surface area contributed by atoms with Gasteiger partial charge in [0.15, 0.2) is 0 Å². The van der Waals surface area contributed by atoms with E-state index in [1.807, 2.05) is 30.3 Å². The Hall–Kier alpha value is -1.69. The first kappa shape index (κ1) is 13.3. The molecule has 2 heterocycles. The van der Waals surface area contributed by atoms with Crippen molar-refractivity contribution in [1.82, 2.24) is 9.88 Å². The van der Waals surface area contributed by atoms with E-state index in [1.165, 1.54) is 0 Å². The number of benzene rings is 1. The summed E-state index contributed by atoms with van der Waals surface area (Å²) in [7, 11) is 0. The first-order valence-corrected chi connectivity index (χ1v) is 6.79. The SMILES string of the molecule is OC1COCCN(Cc2coc(-c3ccccc3)n2)C1. The maximum Gasteiger partial charge on any atom is 0.226 e. The molecule has 20 heavy (non-hydrogen) atoms. The molecule has 1 N–H and O–H groups in total. The van der Waals surface area contributed by atoms with Gasteiger partial charge < -0.3 is 14.3 Å². The van der Waals surface area contributed by atoms with Crippen molar-refractivity contribution in [1.29, 1.82) is 0 Å². The fourth-order valence-electron chi connectivity index (χ4n) is 2.32. The smallest absolute Gasteiger partial charge is 0.226 e. The molecule has 0 saturated carbocycles. The Bertz CT molecular complexity index is 541. The van der Waals surface area contributed by atoms with Gasteiger partial charge in [0, 0.05) is 25.2 Å². The van der Waals surface area contributed by atoms with Crippen molar-refractivity contribution in [2.75, 3.05) is 26.3 Å². The Kier molecular flexibility index (Phi) is 4.11. The molecule has 1 aliphatic rings. The number of β-amino-alcohol motifs (C(OH)–C–C–N with tert-alkyl or cyclic N) is 1. The molecule has 106 valence electrons. The van der Waals surface area contributed by atoms with Crippen LogP contribution in [0.15, 0.2) is 41.0 Å². The summed E-state index contributed by atoms with van der Waals surface area (Å²) in [4.78, 5) is 6.63. The van der Waals surface area contributed by atoms with Gasteiger partial charge in [-0.05, 0) is 12.1 Å². The van der Waals surface area contributed by atoms with E-state index in [0.717, 1.165) is 17.8 Å². The molecule has 1 fully saturated rings. The molecule has 5 heteroatoms. The number of nitrogens with zero attached hydrogens (tertiary/aromatic N) is 2. The Morgan fingerprint density at radius 1 is 1.30 bits per heavy atom. The van der Waals surface area contributed by atoms with Gasteiger partial charge in [0.2, 0.25) is 5.89 Å². The third kappa shape index (κ3) is 3.25. The van der Waals surface area contributed by atoms with Crippen LogP contribution in [-0.4, -0.2) is 47.4 Å². The molecule has 1 saturated heterocycles. The van der Waals surface area contributed by atoms with Gasteiger partial charge in [0.25, 0.3) is 0 Å². The molecular weight excluding hydrogens is 256 g/mol. The van der Waals surface area contributed by atoms with Crippen LogP contribution >= 0.6 is 0 Å². The zero-order valence-electron chi connectivity index (χ0n) is 11.2. The number of rotatable bonds is 3. The van der Waals surface area contributed by atoms with E-state index in [0.29, 0.717) is 32.2 Å². The summed E-state index contributed by atoms with van der Waals surface area (Å²) in [5, 5.41) is 9.71. The normalized spacial score (nSPS) is 20.8. The highest BCUT2D eigenvalue weighted by Crippen LogP contribution is 2.18. The third-order valence-electron chi connectivity index (χ3n) is 3.29. The molecule has 5 nitrogen and oxygen atoms in total. The number of aliphatic hydroxyl groups excluding tert-OH is 1. The molecule has 1 aromatic carbocycles. The number of aliphatic hydroxyl groups is 1. The average Bonchev–Trinajstić information content (AvgIpc) is 2.83. The Labute approximate surface area is 117 Å². The summed E-state index contributed by atoms with van der Waals surface area (Å²) in [6, 6.07) is 9.83. The lowest BCUT2D eigenvalue weighted by atomic mass is 10.2. The molecular formula is C15H18N2O3. The predicted molar refractivity (Wildman–Crippen MR) is 74.0 cm³/mol. The number of aromatic nitrogens is 1. The lowest BCUT2D eigenvalue weighted by Gasteiger charge is -2.19. The van der Waals surface area contributed by atoms with Gasteiger partial charge in [-0.2, -0.15) is 0 Å². The number of ether oxygens (including phenoxy) is 1. The summed E-state index contributed by atoms with van der Waals surface area (Å²) in [5.74, 6) is 0.632. The van der Waals surface area contributed by atoms with E-state index in [9.17, 15) is 5.11 Å². The van der Waals surface area contributed by atoms with E-state index >= 15 is 0 Å². The van der Waals surface area contributed by atoms with Gasteiger partial charge in [0.05, 0.1) is 25.0 Å². The summed E-state index contributed by atoms with van der Waals surface area (Å²) < 4.78 is 10.8. The van der Waals surface area contributed by atoms with Gasteiger partial charge in [-0.1, -0.05) is 18.2 Å². The molecule has 1 aliphatic heterocycles. The molecule has 1 unspecified atom stereocenters. The van der Waals surface area contributed by atoms with Crippen LogP contribution in [0.25, 0.3) is 11.5 Å².